The van der Waals surface area contributed by atoms with Crippen LogP contribution in [0.4, 0.5) is 0 Å². The summed E-state index contributed by atoms with van der Waals surface area (Å²) in [5, 5.41) is 10.3. The number of rotatable bonds is 2. The van der Waals surface area contributed by atoms with Crippen molar-refractivity contribution in [2.75, 3.05) is 6.54 Å². The molecule has 2 aliphatic rings. The molecule has 0 bridgehead atoms. The number of carboxylic acids is 1. The van der Waals surface area contributed by atoms with E-state index in [0.717, 1.165) is 37.3 Å². The Morgan fingerprint density at radius 1 is 1.53 bits per heavy atom. The first-order chi connectivity index (χ1) is 9.02. The van der Waals surface area contributed by atoms with Crippen LogP contribution in [0.2, 0.25) is 5.02 Å². The molecule has 0 saturated carbocycles. The smallest absolute Gasteiger partial charge is 0.323 e. The van der Waals surface area contributed by atoms with Crippen LogP contribution < -0.4 is 0 Å². The number of carbonyl (C=O) groups is 1. The van der Waals surface area contributed by atoms with Crippen molar-refractivity contribution in [1.29, 1.82) is 0 Å². The Balaban J connectivity index is 1.95. The first kappa shape index (κ1) is 12.9. The fourth-order valence-electron chi connectivity index (χ4n) is 3.60. The Bertz CT molecular complexity index is 531. The molecule has 0 amide bonds. The largest absolute Gasteiger partial charge is 0.480 e. The quantitative estimate of drug-likeness (QED) is 0.903. The third-order valence-corrected chi connectivity index (χ3v) is 4.92. The predicted octanol–water partition coefficient (Wildman–Crippen LogP) is 3.27. The first-order valence-electron chi connectivity index (χ1n) is 6.81. The van der Waals surface area contributed by atoms with E-state index < -0.39 is 11.5 Å². The van der Waals surface area contributed by atoms with Crippen molar-refractivity contribution in [3.63, 3.8) is 0 Å². The molecule has 0 radical (unpaired) electrons. The molecule has 1 aliphatic carbocycles. The van der Waals surface area contributed by atoms with E-state index in [1.165, 1.54) is 11.1 Å². The number of benzene rings is 1. The van der Waals surface area contributed by atoms with Crippen molar-refractivity contribution < 1.29 is 9.90 Å². The summed E-state index contributed by atoms with van der Waals surface area (Å²) in [6.45, 7) is 2.73. The van der Waals surface area contributed by atoms with Crippen molar-refractivity contribution in [3.8, 4) is 0 Å². The number of likely N-dealkylation sites (tertiary alicyclic amines) is 1. The number of fused-ring (bicyclic) bond motifs is 1. The van der Waals surface area contributed by atoms with Crippen LogP contribution in [0.5, 0.6) is 0 Å². The molecule has 2 unspecified atom stereocenters. The molecular weight excluding hydrogens is 262 g/mol. The molecule has 1 aromatic rings. The Hall–Kier alpha value is -1.06. The minimum atomic E-state index is -0.716. The van der Waals surface area contributed by atoms with Gasteiger partial charge < -0.3 is 5.11 Å². The van der Waals surface area contributed by atoms with E-state index in [9.17, 15) is 9.90 Å². The highest BCUT2D eigenvalue weighted by Gasteiger charge is 2.47. The molecule has 1 aliphatic heterocycles. The second kappa shape index (κ2) is 4.50. The maximum Gasteiger partial charge on any atom is 0.323 e. The summed E-state index contributed by atoms with van der Waals surface area (Å²) < 4.78 is 0. The van der Waals surface area contributed by atoms with Gasteiger partial charge in [-0.25, -0.2) is 0 Å². The minimum absolute atomic E-state index is 0.232. The van der Waals surface area contributed by atoms with Crippen molar-refractivity contribution in [2.24, 2.45) is 0 Å². The molecule has 1 saturated heterocycles. The van der Waals surface area contributed by atoms with Crippen molar-refractivity contribution in [1.82, 2.24) is 4.90 Å². The zero-order chi connectivity index (χ0) is 13.6. The molecule has 19 heavy (non-hydrogen) atoms. The van der Waals surface area contributed by atoms with Crippen molar-refractivity contribution >= 4 is 17.6 Å². The maximum atomic E-state index is 11.6. The lowest BCUT2D eigenvalue weighted by Crippen LogP contribution is -2.49. The lowest BCUT2D eigenvalue weighted by atomic mass is 9.96. The highest BCUT2D eigenvalue weighted by Crippen LogP contribution is 2.44. The zero-order valence-electron chi connectivity index (χ0n) is 11.0. The number of carboxylic acid groups (broad SMARTS) is 1. The van der Waals surface area contributed by atoms with Gasteiger partial charge in [0.2, 0.25) is 0 Å². The number of nitrogens with zero attached hydrogens (tertiary/aromatic N) is 1. The van der Waals surface area contributed by atoms with Gasteiger partial charge in [-0.15, -0.1) is 0 Å². The average Bonchev–Trinajstić information content (AvgIpc) is 2.92. The van der Waals surface area contributed by atoms with Crippen LogP contribution in [0.1, 0.15) is 43.4 Å². The van der Waals surface area contributed by atoms with Gasteiger partial charge in [0.1, 0.15) is 5.54 Å². The lowest BCUT2D eigenvalue weighted by Gasteiger charge is -2.36. The van der Waals surface area contributed by atoms with Crippen molar-refractivity contribution in [3.05, 3.63) is 34.3 Å². The number of hydrogen-bond acceptors (Lipinski definition) is 2. The first-order valence-corrected chi connectivity index (χ1v) is 7.18. The molecule has 1 heterocycles. The molecule has 1 N–H and O–H groups in total. The highest BCUT2D eigenvalue weighted by atomic mass is 35.5. The van der Waals surface area contributed by atoms with Crippen LogP contribution in [0, 0.1) is 0 Å². The summed E-state index contributed by atoms with van der Waals surface area (Å²) in [4.78, 5) is 13.8. The fourth-order valence-corrected chi connectivity index (χ4v) is 3.80. The van der Waals surface area contributed by atoms with E-state index >= 15 is 0 Å². The van der Waals surface area contributed by atoms with E-state index in [1.54, 1.807) is 0 Å². The summed E-state index contributed by atoms with van der Waals surface area (Å²) in [5.41, 5.74) is 1.82. The molecule has 4 heteroatoms. The van der Waals surface area contributed by atoms with E-state index in [4.69, 9.17) is 11.6 Å². The van der Waals surface area contributed by atoms with E-state index in [0.29, 0.717) is 0 Å². The van der Waals surface area contributed by atoms with Gasteiger partial charge in [-0.1, -0.05) is 17.7 Å². The Morgan fingerprint density at radius 3 is 3.05 bits per heavy atom. The van der Waals surface area contributed by atoms with Crippen LogP contribution in [0.25, 0.3) is 0 Å². The standard InChI is InChI=1S/C15H18ClNO2/c1-15(14(18)19)7-2-8-17(15)13-6-3-10-9-11(16)4-5-12(10)13/h4-5,9,13H,2-3,6-8H2,1H3,(H,18,19). The number of hydrogen-bond donors (Lipinski definition) is 1. The fraction of sp³-hybridized carbons (Fsp3) is 0.533. The molecule has 102 valence electrons. The topological polar surface area (TPSA) is 40.5 Å². The highest BCUT2D eigenvalue weighted by molar-refractivity contribution is 6.30. The number of aryl methyl sites for hydroxylation is 1. The zero-order valence-corrected chi connectivity index (χ0v) is 11.8. The molecule has 0 spiro atoms. The van der Waals surface area contributed by atoms with Crippen LogP contribution in [-0.2, 0) is 11.2 Å². The molecule has 3 nitrogen and oxygen atoms in total. The van der Waals surface area contributed by atoms with Gasteiger partial charge in [0.25, 0.3) is 0 Å². The van der Waals surface area contributed by atoms with Gasteiger partial charge in [-0.05, 0) is 62.4 Å². The lowest BCUT2D eigenvalue weighted by molar-refractivity contribution is -0.150. The number of halogens is 1. The Labute approximate surface area is 118 Å². The molecule has 0 aromatic heterocycles. The van der Waals surface area contributed by atoms with Crippen molar-refractivity contribution in [2.45, 2.75) is 44.2 Å². The summed E-state index contributed by atoms with van der Waals surface area (Å²) in [6.07, 6.45) is 3.69. The van der Waals surface area contributed by atoms with E-state index in [-0.39, 0.29) is 6.04 Å². The summed E-state index contributed by atoms with van der Waals surface area (Å²) in [5.74, 6) is -0.701. The van der Waals surface area contributed by atoms with Crippen LogP contribution in [0.15, 0.2) is 18.2 Å². The molecule has 1 fully saturated rings. The Morgan fingerprint density at radius 2 is 2.32 bits per heavy atom. The normalized spacial score (nSPS) is 30.5. The van der Waals surface area contributed by atoms with Gasteiger partial charge in [0.15, 0.2) is 0 Å². The van der Waals surface area contributed by atoms with Gasteiger partial charge in [-0.2, -0.15) is 0 Å². The second-order valence-corrected chi connectivity index (χ2v) is 6.21. The van der Waals surface area contributed by atoms with Gasteiger partial charge >= 0.3 is 5.97 Å². The summed E-state index contributed by atoms with van der Waals surface area (Å²) in [7, 11) is 0. The van der Waals surface area contributed by atoms with Crippen LogP contribution in [-0.4, -0.2) is 28.1 Å². The average molecular weight is 280 g/mol. The SMILES string of the molecule is CC1(C(=O)O)CCCN1C1CCc2cc(Cl)ccc21. The third-order valence-electron chi connectivity index (χ3n) is 4.68. The van der Waals surface area contributed by atoms with E-state index in [1.807, 2.05) is 19.1 Å². The molecular formula is C15H18ClNO2. The van der Waals surface area contributed by atoms with Gasteiger partial charge in [0.05, 0.1) is 0 Å². The van der Waals surface area contributed by atoms with Gasteiger partial charge in [0, 0.05) is 11.1 Å². The molecule has 1 aromatic carbocycles. The predicted molar refractivity (Wildman–Crippen MR) is 74.5 cm³/mol. The molecule has 3 rings (SSSR count). The second-order valence-electron chi connectivity index (χ2n) is 5.77. The minimum Gasteiger partial charge on any atom is -0.480 e. The maximum absolute atomic E-state index is 11.6. The van der Waals surface area contributed by atoms with E-state index in [2.05, 4.69) is 11.0 Å². The summed E-state index contributed by atoms with van der Waals surface area (Å²) >= 11 is 6.03. The number of aliphatic carboxylic acids is 1. The van der Waals surface area contributed by atoms with Crippen LogP contribution >= 0.6 is 11.6 Å². The van der Waals surface area contributed by atoms with Crippen LogP contribution in [0.3, 0.4) is 0 Å². The summed E-state index contributed by atoms with van der Waals surface area (Å²) in [6, 6.07) is 6.23. The van der Waals surface area contributed by atoms with Gasteiger partial charge in [-0.3, -0.25) is 9.69 Å². The third kappa shape index (κ3) is 1.96. The molecule has 2 atom stereocenters. The Kier molecular flexibility index (Phi) is 3.06. The monoisotopic (exact) mass is 279 g/mol.